The van der Waals surface area contributed by atoms with Gasteiger partial charge in [0, 0.05) is 6.61 Å². The van der Waals surface area contributed by atoms with Crippen molar-refractivity contribution in [3.63, 3.8) is 0 Å². The summed E-state index contributed by atoms with van der Waals surface area (Å²) in [6.07, 6.45) is -0.199. The average molecular weight is 246 g/mol. The number of ether oxygens (including phenoxy) is 6. The largest absolute Gasteiger partial charge is 0.376 e. The first-order valence-electron chi connectivity index (χ1n) is 5.94. The van der Waals surface area contributed by atoms with Crippen LogP contribution in [0.2, 0.25) is 0 Å². The van der Waals surface area contributed by atoms with Crippen LogP contribution in [0.3, 0.4) is 0 Å². The van der Waals surface area contributed by atoms with Gasteiger partial charge in [-0.1, -0.05) is 0 Å². The minimum absolute atomic E-state index is 0.0117. The normalized spacial score (nSPS) is 37.0. The smallest absolute Gasteiger partial charge is 0.150 e. The van der Waals surface area contributed by atoms with Crippen LogP contribution in [0.1, 0.15) is 6.92 Å². The molecule has 6 nitrogen and oxygen atoms in total. The van der Waals surface area contributed by atoms with Gasteiger partial charge in [0.15, 0.2) is 0 Å². The van der Waals surface area contributed by atoms with Gasteiger partial charge < -0.3 is 28.4 Å². The molecule has 2 aliphatic heterocycles. The van der Waals surface area contributed by atoms with Crippen LogP contribution in [0, 0.1) is 0 Å². The van der Waals surface area contributed by atoms with Gasteiger partial charge in [0.05, 0.1) is 12.6 Å². The molecule has 2 fully saturated rings. The molecule has 4 atom stereocenters. The van der Waals surface area contributed by atoms with Crippen molar-refractivity contribution in [1.29, 1.82) is 0 Å². The molecule has 0 amide bonds. The fourth-order valence-electron chi connectivity index (χ4n) is 2.07. The van der Waals surface area contributed by atoms with Gasteiger partial charge in [0.25, 0.3) is 0 Å². The van der Waals surface area contributed by atoms with E-state index in [2.05, 4.69) is 0 Å². The van der Waals surface area contributed by atoms with Crippen molar-refractivity contribution >= 4 is 7.85 Å². The Morgan fingerprint density at radius 3 is 3.00 bits per heavy atom. The lowest BCUT2D eigenvalue weighted by atomic mass is 9.93. The molecule has 0 aromatic rings. The average Bonchev–Trinajstić information content (AvgIpc) is 2.65. The summed E-state index contributed by atoms with van der Waals surface area (Å²) in [6.45, 7) is 3.85. The molecule has 2 heterocycles. The summed E-state index contributed by atoms with van der Waals surface area (Å²) in [5, 5.41) is 0. The second-order valence-electron chi connectivity index (χ2n) is 4.06. The molecule has 0 bridgehead atoms. The first kappa shape index (κ1) is 13.3. The quantitative estimate of drug-likeness (QED) is 0.343. The zero-order valence-corrected chi connectivity index (χ0v) is 10.3. The van der Waals surface area contributed by atoms with E-state index in [0.717, 1.165) is 0 Å². The first-order chi connectivity index (χ1) is 8.33. The summed E-state index contributed by atoms with van der Waals surface area (Å²) in [6, 6.07) is -0.0117. The summed E-state index contributed by atoms with van der Waals surface area (Å²) in [4.78, 5) is 0. The molecule has 0 saturated carbocycles. The van der Waals surface area contributed by atoms with Crippen LogP contribution >= 0.6 is 0 Å². The topological polar surface area (TPSA) is 55.4 Å². The van der Waals surface area contributed by atoms with Gasteiger partial charge in [-0.15, -0.1) is 0 Å². The highest BCUT2D eigenvalue weighted by Gasteiger charge is 2.45. The highest BCUT2D eigenvalue weighted by Crippen LogP contribution is 2.27. The Morgan fingerprint density at radius 1 is 1.29 bits per heavy atom. The van der Waals surface area contributed by atoms with Crippen molar-refractivity contribution in [2.45, 2.75) is 31.2 Å². The molecule has 2 rings (SSSR count). The monoisotopic (exact) mass is 246 g/mol. The Balaban J connectivity index is 1.71. The summed E-state index contributed by atoms with van der Waals surface area (Å²) < 4.78 is 32.2. The van der Waals surface area contributed by atoms with Gasteiger partial charge in [-0.05, 0) is 6.92 Å². The Hall–Kier alpha value is -0.175. The van der Waals surface area contributed by atoms with Crippen LogP contribution in [0.4, 0.5) is 0 Å². The number of rotatable bonds is 6. The van der Waals surface area contributed by atoms with Crippen LogP contribution in [-0.4, -0.2) is 65.8 Å². The van der Waals surface area contributed by atoms with Crippen molar-refractivity contribution < 1.29 is 28.4 Å². The van der Waals surface area contributed by atoms with Gasteiger partial charge in [0.2, 0.25) is 0 Å². The van der Waals surface area contributed by atoms with E-state index in [9.17, 15) is 0 Å². The minimum atomic E-state index is -0.106. The van der Waals surface area contributed by atoms with E-state index in [4.69, 9.17) is 28.4 Å². The highest BCUT2D eigenvalue weighted by atomic mass is 16.8. The maximum absolute atomic E-state index is 5.69. The van der Waals surface area contributed by atoms with Gasteiger partial charge in [-0.2, -0.15) is 0 Å². The van der Waals surface area contributed by atoms with E-state index in [0.29, 0.717) is 20.0 Å². The van der Waals surface area contributed by atoms with Crippen LogP contribution in [0.25, 0.3) is 0 Å². The Kier molecular flexibility index (Phi) is 5.21. The Morgan fingerprint density at radius 2 is 2.18 bits per heavy atom. The molecule has 2 saturated heterocycles. The van der Waals surface area contributed by atoms with Gasteiger partial charge in [0.1, 0.15) is 46.5 Å². The van der Waals surface area contributed by atoms with Gasteiger partial charge in [-0.25, -0.2) is 0 Å². The third-order valence-electron chi connectivity index (χ3n) is 2.88. The van der Waals surface area contributed by atoms with E-state index in [1.54, 1.807) is 0 Å². The molecule has 98 valence electrons. The standard InChI is InChI=1S/C10H19BO6/c1-2-12-4-14-6-16-9-8-7(17-10(9)11)3-13-5-15-8/h7-10H,2-6,11H2,1H3/t7-,8+,9?,10-/m1/s1. The van der Waals surface area contributed by atoms with E-state index < -0.39 is 0 Å². The van der Waals surface area contributed by atoms with E-state index in [1.807, 2.05) is 14.8 Å². The molecular weight excluding hydrogens is 227 g/mol. The fourth-order valence-corrected chi connectivity index (χ4v) is 2.07. The van der Waals surface area contributed by atoms with Crippen molar-refractivity contribution in [3.05, 3.63) is 0 Å². The summed E-state index contributed by atoms with van der Waals surface area (Å²) in [5.74, 6) is 0. The van der Waals surface area contributed by atoms with E-state index in [1.165, 1.54) is 0 Å². The van der Waals surface area contributed by atoms with E-state index >= 15 is 0 Å². The van der Waals surface area contributed by atoms with Crippen molar-refractivity contribution in [2.24, 2.45) is 0 Å². The third-order valence-corrected chi connectivity index (χ3v) is 2.88. The molecule has 0 aromatic heterocycles. The Labute approximate surface area is 102 Å². The number of fused-ring (bicyclic) bond motifs is 1. The zero-order chi connectivity index (χ0) is 12.1. The lowest BCUT2D eigenvalue weighted by Crippen LogP contribution is -2.43. The molecule has 0 N–H and O–H groups in total. The highest BCUT2D eigenvalue weighted by molar-refractivity contribution is 6.11. The second-order valence-corrected chi connectivity index (χ2v) is 4.06. The van der Waals surface area contributed by atoms with Gasteiger partial charge >= 0.3 is 0 Å². The van der Waals surface area contributed by atoms with Crippen LogP contribution in [-0.2, 0) is 28.4 Å². The second kappa shape index (κ2) is 6.68. The lowest BCUT2D eigenvalue weighted by Gasteiger charge is -2.27. The molecule has 17 heavy (non-hydrogen) atoms. The SMILES string of the molecule is B[C@@H]1O[C@@H]2COCO[C@@H]2C1OCOCOCC. The molecular formula is C10H19BO6. The van der Waals surface area contributed by atoms with Crippen molar-refractivity contribution in [3.8, 4) is 0 Å². The molecule has 0 radical (unpaired) electrons. The van der Waals surface area contributed by atoms with Crippen LogP contribution in [0.15, 0.2) is 0 Å². The van der Waals surface area contributed by atoms with Crippen LogP contribution in [0.5, 0.6) is 0 Å². The van der Waals surface area contributed by atoms with Crippen molar-refractivity contribution in [1.82, 2.24) is 0 Å². The summed E-state index contributed by atoms with van der Waals surface area (Å²) >= 11 is 0. The molecule has 0 aromatic carbocycles. The molecule has 7 heteroatoms. The van der Waals surface area contributed by atoms with Crippen molar-refractivity contribution in [2.75, 3.05) is 33.6 Å². The summed E-state index contributed by atoms with van der Waals surface area (Å²) in [7, 11) is 1.97. The third kappa shape index (κ3) is 3.40. The predicted molar refractivity (Wildman–Crippen MR) is 60.2 cm³/mol. The zero-order valence-electron chi connectivity index (χ0n) is 10.3. The minimum Gasteiger partial charge on any atom is -0.376 e. The van der Waals surface area contributed by atoms with Crippen LogP contribution < -0.4 is 0 Å². The maximum atomic E-state index is 5.69. The number of hydrogen-bond acceptors (Lipinski definition) is 6. The fraction of sp³-hybridized carbons (Fsp3) is 1.00. The molecule has 0 spiro atoms. The lowest BCUT2D eigenvalue weighted by molar-refractivity contribution is -0.208. The predicted octanol–water partition coefficient (Wildman–Crippen LogP) is -0.929. The Bertz CT molecular complexity index is 229. The van der Waals surface area contributed by atoms with E-state index in [-0.39, 0.29) is 37.9 Å². The molecule has 2 aliphatic rings. The maximum Gasteiger partial charge on any atom is 0.150 e. The van der Waals surface area contributed by atoms with Gasteiger partial charge in [-0.3, -0.25) is 0 Å². The molecule has 0 aliphatic carbocycles. The molecule has 1 unspecified atom stereocenters. The first-order valence-corrected chi connectivity index (χ1v) is 5.94. The number of hydrogen-bond donors (Lipinski definition) is 0. The summed E-state index contributed by atoms with van der Waals surface area (Å²) in [5.41, 5.74) is 0.